The molecule has 0 radical (unpaired) electrons. The molecule has 3 heteroatoms. The van der Waals surface area contributed by atoms with Crippen molar-refractivity contribution in [2.75, 3.05) is 4.90 Å². The standard InChI is InChI=1S/C57H40N2O/c1-57(2)51-34-41(40-21-30-54-49(32-40)47-12-6-8-14-53(47)58-54)20-28-45(51)46-29-27-44(35-52(46)57)59(42-23-16-37(17-24-42)36-10-4-3-5-11-36)43-25-18-38(19-26-43)39-22-31-56-50(33-39)48-13-7-9-15-55(48)60-56/h3-35,58H,1-2H3. The van der Waals surface area contributed by atoms with Gasteiger partial charge in [-0.25, -0.2) is 0 Å². The minimum atomic E-state index is -0.204. The average molecular weight is 769 g/mol. The van der Waals surface area contributed by atoms with Crippen molar-refractivity contribution in [3.05, 3.63) is 211 Å². The van der Waals surface area contributed by atoms with Gasteiger partial charge in [0, 0.05) is 55.1 Å². The largest absolute Gasteiger partial charge is 0.456 e. The molecule has 2 heterocycles. The van der Waals surface area contributed by atoms with Crippen LogP contribution in [0.3, 0.4) is 0 Å². The van der Waals surface area contributed by atoms with Crippen LogP contribution in [-0.4, -0.2) is 4.98 Å². The maximum absolute atomic E-state index is 6.14. The van der Waals surface area contributed by atoms with E-state index in [0.717, 1.165) is 50.1 Å². The van der Waals surface area contributed by atoms with Gasteiger partial charge in [0.15, 0.2) is 0 Å². The Hall–Kier alpha value is -7.62. The second-order valence-electron chi connectivity index (χ2n) is 16.7. The van der Waals surface area contributed by atoms with Gasteiger partial charge in [-0.1, -0.05) is 135 Å². The zero-order valence-electron chi connectivity index (χ0n) is 33.4. The number of nitrogens with one attached hydrogen (secondary N) is 1. The van der Waals surface area contributed by atoms with Gasteiger partial charge in [-0.15, -0.1) is 0 Å². The molecule has 284 valence electrons. The molecule has 1 N–H and O–H groups in total. The van der Waals surface area contributed by atoms with E-state index in [1.807, 2.05) is 12.1 Å². The van der Waals surface area contributed by atoms with Crippen LogP contribution in [-0.2, 0) is 5.41 Å². The smallest absolute Gasteiger partial charge is 0.135 e. The number of anilines is 3. The predicted octanol–water partition coefficient (Wildman–Crippen LogP) is 16.0. The number of para-hydroxylation sites is 2. The van der Waals surface area contributed by atoms with Crippen molar-refractivity contribution in [2.45, 2.75) is 19.3 Å². The van der Waals surface area contributed by atoms with E-state index in [1.165, 1.54) is 66.3 Å². The third-order valence-corrected chi connectivity index (χ3v) is 12.8. The van der Waals surface area contributed by atoms with Crippen LogP contribution in [0.1, 0.15) is 25.0 Å². The highest BCUT2D eigenvalue weighted by Crippen LogP contribution is 2.52. The molecular formula is C57H40N2O. The number of H-pyrrole nitrogens is 1. The predicted molar refractivity (Wildman–Crippen MR) is 252 cm³/mol. The van der Waals surface area contributed by atoms with E-state index in [0.29, 0.717) is 0 Å². The lowest BCUT2D eigenvalue weighted by molar-refractivity contribution is 0.660. The van der Waals surface area contributed by atoms with Gasteiger partial charge in [-0.3, -0.25) is 0 Å². The fourth-order valence-corrected chi connectivity index (χ4v) is 9.66. The summed E-state index contributed by atoms with van der Waals surface area (Å²) in [5, 5.41) is 4.79. The van der Waals surface area contributed by atoms with E-state index in [1.54, 1.807) is 0 Å². The number of aromatic amines is 1. The molecule has 12 rings (SSSR count). The highest BCUT2D eigenvalue weighted by molar-refractivity contribution is 6.09. The van der Waals surface area contributed by atoms with Crippen molar-refractivity contribution >= 4 is 60.8 Å². The highest BCUT2D eigenvalue weighted by atomic mass is 16.3. The summed E-state index contributed by atoms with van der Waals surface area (Å²) in [4.78, 5) is 5.98. The molecule has 0 saturated carbocycles. The van der Waals surface area contributed by atoms with E-state index in [4.69, 9.17) is 4.42 Å². The number of benzene rings is 9. The lowest BCUT2D eigenvalue weighted by atomic mass is 9.81. The van der Waals surface area contributed by atoms with Crippen LogP contribution in [0, 0.1) is 0 Å². The number of rotatable bonds is 6. The molecule has 0 bridgehead atoms. The first-order valence-corrected chi connectivity index (χ1v) is 20.7. The molecule has 0 aliphatic heterocycles. The van der Waals surface area contributed by atoms with Gasteiger partial charge in [0.25, 0.3) is 0 Å². The van der Waals surface area contributed by atoms with Gasteiger partial charge in [-0.2, -0.15) is 0 Å². The van der Waals surface area contributed by atoms with Crippen LogP contribution in [0.2, 0.25) is 0 Å². The third kappa shape index (κ3) is 5.43. The van der Waals surface area contributed by atoms with E-state index in [9.17, 15) is 0 Å². The fourth-order valence-electron chi connectivity index (χ4n) is 9.66. The van der Waals surface area contributed by atoms with Crippen LogP contribution in [0.4, 0.5) is 17.1 Å². The number of fused-ring (bicyclic) bond motifs is 9. The summed E-state index contributed by atoms with van der Waals surface area (Å²) >= 11 is 0. The molecule has 9 aromatic carbocycles. The molecule has 1 aliphatic rings. The summed E-state index contributed by atoms with van der Waals surface area (Å²) in [5.74, 6) is 0. The molecule has 0 spiro atoms. The van der Waals surface area contributed by atoms with Crippen LogP contribution in [0.25, 0.3) is 88.3 Å². The fraction of sp³-hybridized carbons (Fsp3) is 0.0526. The Labute approximate surface area is 348 Å². The summed E-state index contributed by atoms with van der Waals surface area (Å²) in [6, 6.07) is 72.8. The molecule has 0 amide bonds. The van der Waals surface area contributed by atoms with E-state index in [2.05, 4.69) is 212 Å². The monoisotopic (exact) mass is 768 g/mol. The quantitative estimate of drug-likeness (QED) is 0.183. The molecule has 2 aromatic heterocycles. The Bertz CT molecular complexity index is 3440. The summed E-state index contributed by atoms with van der Waals surface area (Å²) < 4.78 is 6.14. The molecule has 0 atom stereocenters. The van der Waals surface area contributed by atoms with Gasteiger partial charge < -0.3 is 14.3 Å². The number of nitrogens with zero attached hydrogens (tertiary/aromatic N) is 1. The van der Waals surface area contributed by atoms with E-state index >= 15 is 0 Å². The third-order valence-electron chi connectivity index (χ3n) is 12.8. The highest BCUT2D eigenvalue weighted by Gasteiger charge is 2.36. The summed E-state index contributed by atoms with van der Waals surface area (Å²) in [6.07, 6.45) is 0. The van der Waals surface area contributed by atoms with Crippen molar-refractivity contribution in [2.24, 2.45) is 0 Å². The molecule has 11 aromatic rings. The summed E-state index contributed by atoms with van der Waals surface area (Å²) in [7, 11) is 0. The molecule has 60 heavy (non-hydrogen) atoms. The Morgan fingerprint density at radius 2 is 0.867 bits per heavy atom. The maximum Gasteiger partial charge on any atom is 0.135 e. The number of furan rings is 1. The van der Waals surface area contributed by atoms with Crippen molar-refractivity contribution in [3.63, 3.8) is 0 Å². The normalized spacial score (nSPS) is 13.0. The Morgan fingerprint density at radius 3 is 1.65 bits per heavy atom. The molecule has 0 unspecified atom stereocenters. The van der Waals surface area contributed by atoms with Crippen LogP contribution in [0.5, 0.6) is 0 Å². The van der Waals surface area contributed by atoms with Crippen molar-refractivity contribution in [3.8, 4) is 44.5 Å². The van der Waals surface area contributed by atoms with Crippen molar-refractivity contribution in [1.29, 1.82) is 0 Å². The summed E-state index contributed by atoms with van der Waals surface area (Å²) in [5.41, 5.74) is 19.8. The first kappa shape index (κ1) is 34.4. The van der Waals surface area contributed by atoms with Crippen molar-refractivity contribution in [1.82, 2.24) is 4.98 Å². The van der Waals surface area contributed by atoms with Gasteiger partial charge in [-0.05, 0) is 134 Å². The zero-order chi connectivity index (χ0) is 40.0. The molecular weight excluding hydrogens is 729 g/mol. The second-order valence-corrected chi connectivity index (χ2v) is 16.7. The molecule has 0 saturated heterocycles. The molecule has 3 nitrogen and oxygen atoms in total. The topological polar surface area (TPSA) is 32.2 Å². The van der Waals surface area contributed by atoms with Crippen LogP contribution < -0.4 is 4.90 Å². The number of aromatic nitrogens is 1. The number of hydrogen-bond acceptors (Lipinski definition) is 2. The maximum atomic E-state index is 6.14. The van der Waals surface area contributed by atoms with Crippen LogP contribution >= 0.6 is 0 Å². The molecule has 0 fully saturated rings. The Kier molecular flexibility index (Phi) is 7.58. The van der Waals surface area contributed by atoms with Gasteiger partial charge in [0.05, 0.1) is 0 Å². The first-order chi connectivity index (χ1) is 29.5. The van der Waals surface area contributed by atoms with Gasteiger partial charge >= 0.3 is 0 Å². The second kappa shape index (κ2) is 13.2. The van der Waals surface area contributed by atoms with Gasteiger partial charge in [0.2, 0.25) is 0 Å². The number of hydrogen-bond donors (Lipinski definition) is 1. The lowest BCUT2D eigenvalue weighted by Crippen LogP contribution is -2.16. The minimum Gasteiger partial charge on any atom is -0.456 e. The van der Waals surface area contributed by atoms with Crippen LogP contribution in [0.15, 0.2) is 205 Å². The van der Waals surface area contributed by atoms with Gasteiger partial charge in [0.1, 0.15) is 11.2 Å². The Balaban J connectivity index is 0.932. The lowest BCUT2D eigenvalue weighted by Gasteiger charge is -2.28. The SMILES string of the molecule is CC1(C)c2cc(-c3ccc4[nH]c5ccccc5c4c3)ccc2-c2ccc(N(c3ccc(-c4ccccc4)cc3)c3ccc(-c4ccc5oc6ccccc6c5c4)cc3)cc21. The average Bonchev–Trinajstić information content (AvgIpc) is 3.94. The molecule has 1 aliphatic carbocycles. The summed E-state index contributed by atoms with van der Waals surface area (Å²) in [6.45, 7) is 4.75. The van der Waals surface area contributed by atoms with E-state index in [-0.39, 0.29) is 5.41 Å². The Morgan fingerprint density at radius 1 is 0.367 bits per heavy atom. The first-order valence-electron chi connectivity index (χ1n) is 20.7. The van der Waals surface area contributed by atoms with E-state index < -0.39 is 0 Å². The zero-order valence-corrected chi connectivity index (χ0v) is 33.4. The van der Waals surface area contributed by atoms with Crippen molar-refractivity contribution < 1.29 is 4.42 Å². The minimum absolute atomic E-state index is 0.204.